The Hall–Kier alpha value is -1.06. The molecule has 0 aromatic rings. The summed E-state index contributed by atoms with van der Waals surface area (Å²) in [6.45, 7) is 10.3. The lowest BCUT2D eigenvalue weighted by molar-refractivity contribution is -0.110. The molecule has 3 N–H and O–H groups in total. The second-order valence-electron chi connectivity index (χ2n) is 6.90. The molecule has 0 bridgehead atoms. The Bertz CT molecular complexity index is 545. The minimum atomic E-state index is -4.39. The van der Waals surface area contributed by atoms with E-state index in [-0.39, 0.29) is 0 Å². The Morgan fingerprint density at radius 1 is 0.720 bits per heavy atom. The maximum atomic E-state index is 11.3. The first-order chi connectivity index (χ1) is 11.5. The number of carbonyl (C=O) groups is 1. The first-order valence-electron chi connectivity index (χ1n) is 8.76. The van der Waals surface area contributed by atoms with Gasteiger partial charge in [0.2, 0.25) is 0 Å². The molecule has 0 spiro atoms. The summed E-state index contributed by atoms with van der Waals surface area (Å²) in [5, 5.41) is 0. The Morgan fingerprint density at radius 3 is 1.52 bits per heavy atom. The Kier molecular flexibility index (Phi) is 11.8. The van der Waals surface area contributed by atoms with Crippen molar-refractivity contribution in [2.45, 2.75) is 73.1 Å². The Balaban J connectivity index is 4.20. The van der Waals surface area contributed by atoms with Gasteiger partial charge in [0.05, 0.1) is 0 Å². The summed E-state index contributed by atoms with van der Waals surface area (Å²) in [6, 6.07) is 0. The first-order valence-corrected chi connectivity index (χ1v) is 10.4. The average molecular weight is 369 g/mol. The monoisotopic (exact) mass is 369 g/mol. The lowest BCUT2D eigenvalue weighted by Gasteiger charge is -2.03. The van der Waals surface area contributed by atoms with Crippen molar-refractivity contribution < 1.29 is 19.5 Å². The van der Waals surface area contributed by atoms with Crippen LogP contribution in [-0.4, -0.2) is 20.2 Å². The topological polar surface area (TPSA) is 77.8 Å². The fourth-order valence-electron chi connectivity index (χ4n) is 2.25. The highest BCUT2D eigenvalue weighted by Crippen LogP contribution is 2.46. The third-order valence-electron chi connectivity index (χ3n) is 3.82. The summed E-state index contributed by atoms with van der Waals surface area (Å²) < 4.78 is 0. The summed E-state index contributed by atoms with van der Waals surface area (Å²) >= 11 is 0. The standard InChI is InChI=1S/C20H34O4P/c1-16(2)9-6-10-17(3)11-7-12-18(4)13-8-14-19(5)15-20(21)25(22,23)24/h9,11,13,15,22-24H,6-8,10,12,14H2,1-5H3/q+1. The zero-order valence-electron chi connectivity index (χ0n) is 16.2. The van der Waals surface area contributed by atoms with E-state index < -0.39 is 13.5 Å². The van der Waals surface area contributed by atoms with E-state index in [0.29, 0.717) is 6.42 Å². The highest BCUT2D eigenvalue weighted by Gasteiger charge is 2.40. The van der Waals surface area contributed by atoms with Crippen molar-refractivity contribution in [2.75, 3.05) is 0 Å². The van der Waals surface area contributed by atoms with Gasteiger partial charge in [-0.2, -0.15) is 14.7 Å². The second kappa shape index (κ2) is 12.3. The number of hydrogen-bond donors (Lipinski definition) is 3. The van der Waals surface area contributed by atoms with Crippen molar-refractivity contribution in [1.29, 1.82) is 0 Å². The molecule has 0 atom stereocenters. The molecule has 0 fully saturated rings. The van der Waals surface area contributed by atoms with Crippen LogP contribution >= 0.6 is 7.94 Å². The maximum Gasteiger partial charge on any atom is 0.483 e. The summed E-state index contributed by atoms with van der Waals surface area (Å²) in [4.78, 5) is 37.9. The fourth-order valence-corrected chi connectivity index (χ4v) is 2.65. The quantitative estimate of drug-likeness (QED) is 0.259. The minimum Gasteiger partial charge on any atom is -0.238 e. The van der Waals surface area contributed by atoms with Crippen molar-refractivity contribution in [3.63, 3.8) is 0 Å². The Morgan fingerprint density at radius 2 is 1.12 bits per heavy atom. The molecule has 0 saturated heterocycles. The van der Waals surface area contributed by atoms with Gasteiger partial charge < -0.3 is 0 Å². The van der Waals surface area contributed by atoms with Crippen molar-refractivity contribution in [3.05, 3.63) is 46.6 Å². The van der Waals surface area contributed by atoms with Gasteiger partial charge in [-0.15, -0.1) is 0 Å². The van der Waals surface area contributed by atoms with E-state index in [1.54, 1.807) is 6.92 Å². The molecular formula is C20H34O4P+. The number of rotatable bonds is 11. The van der Waals surface area contributed by atoms with E-state index >= 15 is 0 Å². The molecule has 0 radical (unpaired) electrons. The number of allylic oxidation sites excluding steroid dienone is 8. The van der Waals surface area contributed by atoms with E-state index in [2.05, 4.69) is 45.9 Å². The zero-order chi connectivity index (χ0) is 19.5. The van der Waals surface area contributed by atoms with Crippen LogP contribution < -0.4 is 0 Å². The molecule has 0 amide bonds. The smallest absolute Gasteiger partial charge is 0.238 e. The maximum absolute atomic E-state index is 11.3. The van der Waals surface area contributed by atoms with Crippen molar-refractivity contribution in [2.24, 2.45) is 0 Å². The second-order valence-corrected chi connectivity index (χ2v) is 8.47. The van der Waals surface area contributed by atoms with Gasteiger partial charge in [-0.05, 0) is 73.1 Å². The lowest BCUT2D eigenvalue weighted by atomic mass is 10.0. The molecule has 0 heterocycles. The Labute approximate surface area is 153 Å². The number of carbonyl (C=O) groups excluding carboxylic acids is 1. The van der Waals surface area contributed by atoms with Crippen LogP contribution in [0.3, 0.4) is 0 Å². The van der Waals surface area contributed by atoms with Gasteiger partial charge in [0.25, 0.3) is 0 Å². The molecule has 4 nitrogen and oxygen atoms in total. The molecule has 25 heavy (non-hydrogen) atoms. The van der Waals surface area contributed by atoms with Gasteiger partial charge in [0, 0.05) is 6.08 Å². The molecular weight excluding hydrogens is 335 g/mol. The highest BCUT2D eigenvalue weighted by molar-refractivity contribution is 7.76. The van der Waals surface area contributed by atoms with Crippen LogP contribution in [0.15, 0.2) is 46.6 Å². The molecule has 5 heteroatoms. The van der Waals surface area contributed by atoms with E-state index in [1.165, 1.54) is 16.7 Å². The molecule has 0 aliphatic carbocycles. The first kappa shape index (κ1) is 23.9. The summed E-state index contributed by atoms with van der Waals surface area (Å²) in [6.07, 6.45) is 13.5. The van der Waals surface area contributed by atoms with Crippen LogP contribution in [-0.2, 0) is 4.79 Å². The number of hydrogen-bond acceptors (Lipinski definition) is 4. The zero-order valence-corrected chi connectivity index (χ0v) is 17.1. The van der Waals surface area contributed by atoms with Crippen LogP contribution in [0, 0.1) is 0 Å². The molecule has 0 saturated carbocycles. The van der Waals surface area contributed by atoms with Crippen molar-refractivity contribution >= 4 is 13.5 Å². The molecule has 0 rings (SSSR count). The lowest BCUT2D eigenvalue weighted by Crippen LogP contribution is -2.01. The normalized spacial score (nSPS) is 13.8. The van der Waals surface area contributed by atoms with Crippen LogP contribution in [0.25, 0.3) is 0 Å². The average Bonchev–Trinajstić information content (AvgIpc) is 2.45. The molecule has 142 valence electrons. The van der Waals surface area contributed by atoms with Gasteiger partial charge in [0.15, 0.2) is 0 Å². The summed E-state index contributed by atoms with van der Waals surface area (Å²) in [7, 11) is -4.39. The molecule has 0 aromatic heterocycles. The van der Waals surface area contributed by atoms with Gasteiger partial charge in [-0.1, -0.05) is 40.5 Å². The van der Waals surface area contributed by atoms with E-state index in [0.717, 1.165) is 43.8 Å². The molecule has 0 unspecified atom stereocenters. The predicted molar refractivity (Wildman–Crippen MR) is 107 cm³/mol. The molecule has 0 aliphatic heterocycles. The van der Waals surface area contributed by atoms with Crippen molar-refractivity contribution in [1.82, 2.24) is 0 Å². The van der Waals surface area contributed by atoms with Crippen LogP contribution in [0.2, 0.25) is 0 Å². The SMILES string of the molecule is CC(C)=CCCC(C)=CCCC(C)=CCCC(C)=CC(=O)[P+](O)(O)O. The predicted octanol–water partition coefficient (Wildman–Crippen LogP) is 5.40. The van der Waals surface area contributed by atoms with Crippen molar-refractivity contribution in [3.8, 4) is 0 Å². The molecule has 0 aliphatic rings. The van der Waals surface area contributed by atoms with Gasteiger partial charge in [-0.25, -0.2) is 4.79 Å². The van der Waals surface area contributed by atoms with Gasteiger partial charge in [-0.3, -0.25) is 0 Å². The largest absolute Gasteiger partial charge is 0.483 e. The van der Waals surface area contributed by atoms with Gasteiger partial charge in [0.1, 0.15) is 0 Å². The van der Waals surface area contributed by atoms with E-state index in [9.17, 15) is 4.79 Å². The van der Waals surface area contributed by atoms with Crippen LogP contribution in [0.4, 0.5) is 0 Å². The third kappa shape index (κ3) is 13.9. The fraction of sp³-hybridized carbons (Fsp3) is 0.550. The third-order valence-corrected chi connectivity index (χ3v) is 4.54. The van der Waals surface area contributed by atoms with E-state index in [1.807, 2.05) is 0 Å². The summed E-state index contributed by atoms with van der Waals surface area (Å²) in [5.41, 5.74) is 3.82. The van der Waals surface area contributed by atoms with E-state index in [4.69, 9.17) is 14.7 Å². The van der Waals surface area contributed by atoms with Crippen LogP contribution in [0.1, 0.15) is 73.1 Å². The minimum absolute atomic E-state index is 0.653. The molecule has 0 aromatic carbocycles. The summed E-state index contributed by atoms with van der Waals surface area (Å²) in [5.74, 6) is 0. The highest BCUT2D eigenvalue weighted by atomic mass is 31.2. The van der Waals surface area contributed by atoms with Gasteiger partial charge >= 0.3 is 13.5 Å². The van der Waals surface area contributed by atoms with Crippen LogP contribution in [0.5, 0.6) is 0 Å².